The van der Waals surface area contributed by atoms with Crippen LogP contribution < -0.4 is 5.32 Å². The molecule has 2 aliphatic rings. The van der Waals surface area contributed by atoms with Gasteiger partial charge in [-0.15, -0.1) is 0 Å². The zero-order chi connectivity index (χ0) is 14.7. The number of nitrogens with zero attached hydrogens (tertiary/aromatic N) is 3. The Kier molecular flexibility index (Phi) is 4.73. The molecule has 2 aliphatic carbocycles. The van der Waals surface area contributed by atoms with Gasteiger partial charge in [0.25, 0.3) is 0 Å². The zero-order valence-electron chi connectivity index (χ0n) is 13.4. The molecule has 0 unspecified atom stereocenters. The van der Waals surface area contributed by atoms with Gasteiger partial charge in [-0.2, -0.15) is 0 Å². The van der Waals surface area contributed by atoms with E-state index in [4.69, 9.17) is 4.98 Å². The van der Waals surface area contributed by atoms with Crippen molar-refractivity contribution < 1.29 is 0 Å². The molecular formula is C17H28N4. The van der Waals surface area contributed by atoms with Crippen molar-refractivity contribution in [2.24, 2.45) is 11.8 Å². The fourth-order valence-corrected chi connectivity index (χ4v) is 2.78. The van der Waals surface area contributed by atoms with Crippen LogP contribution in [0.4, 0.5) is 5.82 Å². The van der Waals surface area contributed by atoms with Crippen molar-refractivity contribution >= 4 is 5.82 Å². The summed E-state index contributed by atoms with van der Waals surface area (Å²) in [5.74, 6) is 3.84. The van der Waals surface area contributed by atoms with E-state index in [9.17, 15) is 0 Å². The molecule has 0 saturated heterocycles. The average Bonchev–Trinajstić information content (AvgIpc) is 3.32. The number of hydrogen-bond donors (Lipinski definition) is 1. The summed E-state index contributed by atoms with van der Waals surface area (Å²) in [5, 5.41) is 3.39. The molecule has 0 atom stereocenters. The number of nitrogens with one attached hydrogen (secondary N) is 1. The van der Waals surface area contributed by atoms with E-state index < -0.39 is 0 Å². The molecular weight excluding hydrogens is 260 g/mol. The Bertz CT molecular complexity index is 452. The molecule has 0 amide bonds. The van der Waals surface area contributed by atoms with Crippen LogP contribution in [0, 0.1) is 18.8 Å². The van der Waals surface area contributed by atoms with E-state index in [0.717, 1.165) is 48.7 Å². The first kappa shape index (κ1) is 14.8. The molecule has 1 aromatic heterocycles. The summed E-state index contributed by atoms with van der Waals surface area (Å²) in [4.78, 5) is 11.9. The highest BCUT2D eigenvalue weighted by Gasteiger charge is 2.29. The van der Waals surface area contributed by atoms with Crippen LogP contribution in [-0.2, 0) is 6.54 Å². The molecule has 0 radical (unpaired) electrons. The van der Waals surface area contributed by atoms with Crippen molar-refractivity contribution in [1.29, 1.82) is 0 Å². The van der Waals surface area contributed by atoms with Gasteiger partial charge in [-0.05, 0) is 50.9 Å². The SMILES string of the molecule is CCCNc1cc(C)nc(CN(CC2CC2)CC2CC2)n1. The third-order valence-electron chi connectivity index (χ3n) is 4.25. The number of aryl methyl sites for hydroxylation is 1. The second-order valence-corrected chi connectivity index (χ2v) is 6.82. The lowest BCUT2D eigenvalue weighted by molar-refractivity contribution is 0.238. The Morgan fingerprint density at radius 1 is 1.14 bits per heavy atom. The summed E-state index contributed by atoms with van der Waals surface area (Å²) in [6, 6.07) is 2.05. The van der Waals surface area contributed by atoms with Gasteiger partial charge >= 0.3 is 0 Å². The first-order chi connectivity index (χ1) is 10.2. The normalized spacial score (nSPS) is 18.2. The zero-order valence-corrected chi connectivity index (χ0v) is 13.4. The van der Waals surface area contributed by atoms with Crippen molar-refractivity contribution in [2.45, 2.75) is 52.5 Å². The molecule has 0 bridgehead atoms. The van der Waals surface area contributed by atoms with Crippen LogP contribution in [0.25, 0.3) is 0 Å². The standard InChI is InChI=1S/C17H28N4/c1-3-8-18-16-9-13(2)19-17(20-16)12-21(10-14-4-5-14)11-15-6-7-15/h9,14-15H,3-8,10-12H2,1-2H3,(H,18,19,20). The maximum atomic E-state index is 4.70. The maximum absolute atomic E-state index is 4.70. The van der Waals surface area contributed by atoms with Gasteiger partial charge in [0, 0.05) is 31.4 Å². The Hall–Kier alpha value is -1.16. The highest BCUT2D eigenvalue weighted by Crippen LogP contribution is 2.34. The van der Waals surface area contributed by atoms with Crippen LogP contribution in [0.2, 0.25) is 0 Å². The summed E-state index contributed by atoms with van der Waals surface area (Å²) in [6.45, 7) is 8.61. The third-order valence-corrected chi connectivity index (χ3v) is 4.25. The molecule has 0 spiro atoms. The summed E-state index contributed by atoms with van der Waals surface area (Å²) in [6.07, 6.45) is 6.78. The fourth-order valence-electron chi connectivity index (χ4n) is 2.78. The van der Waals surface area contributed by atoms with Gasteiger partial charge in [0.1, 0.15) is 11.6 Å². The lowest BCUT2D eigenvalue weighted by Crippen LogP contribution is -2.29. The van der Waals surface area contributed by atoms with Crippen molar-refractivity contribution in [3.63, 3.8) is 0 Å². The summed E-state index contributed by atoms with van der Waals surface area (Å²) >= 11 is 0. The van der Waals surface area contributed by atoms with E-state index in [1.54, 1.807) is 0 Å². The number of aromatic nitrogens is 2. The summed E-state index contributed by atoms with van der Waals surface area (Å²) < 4.78 is 0. The Morgan fingerprint density at radius 3 is 2.38 bits per heavy atom. The van der Waals surface area contributed by atoms with Gasteiger partial charge in [0.2, 0.25) is 0 Å². The first-order valence-corrected chi connectivity index (χ1v) is 8.53. The van der Waals surface area contributed by atoms with E-state index in [1.165, 1.54) is 38.8 Å². The Morgan fingerprint density at radius 2 is 1.81 bits per heavy atom. The maximum Gasteiger partial charge on any atom is 0.144 e. The van der Waals surface area contributed by atoms with E-state index in [1.807, 2.05) is 6.07 Å². The molecule has 1 N–H and O–H groups in total. The molecule has 0 aliphatic heterocycles. The average molecular weight is 288 g/mol. The Labute approximate surface area is 128 Å². The Balaban J connectivity index is 1.63. The lowest BCUT2D eigenvalue weighted by atomic mass is 10.3. The first-order valence-electron chi connectivity index (χ1n) is 8.53. The van der Waals surface area contributed by atoms with Crippen LogP contribution in [-0.4, -0.2) is 34.5 Å². The van der Waals surface area contributed by atoms with Crippen molar-refractivity contribution in [1.82, 2.24) is 14.9 Å². The van der Waals surface area contributed by atoms with Crippen molar-refractivity contribution in [3.05, 3.63) is 17.6 Å². The highest BCUT2D eigenvalue weighted by molar-refractivity contribution is 5.35. The molecule has 4 heteroatoms. The monoisotopic (exact) mass is 288 g/mol. The highest BCUT2D eigenvalue weighted by atomic mass is 15.2. The molecule has 3 rings (SSSR count). The predicted molar refractivity (Wildman–Crippen MR) is 86.3 cm³/mol. The van der Waals surface area contributed by atoms with Crippen molar-refractivity contribution in [2.75, 3.05) is 25.0 Å². The largest absolute Gasteiger partial charge is 0.370 e. The second kappa shape index (κ2) is 6.73. The molecule has 1 aromatic rings. The van der Waals surface area contributed by atoms with E-state index in [2.05, 4.69) is 29.0 Å². The molecule has 116 valence electrons. The lowest BCUT2D eigenvalue weighted by Gasteiger charge is -2.21. The molecule has 2 fully saturated rings. The van der Waals surface area contributed by atoms with E-state index >= 15 is 0 Å². The molecule has 1 heterocycles. The van der Waals surface area contributed by atoms with Crippen molar-refractivity contribution in [3.8, 4) is 0 Å². The third kappa shape index (κ3) is 4.95. The van der Waals surface area contributed by atoms with E-state index in [-0.39, 0.29) is 0 Å². The molecule has 0 aromatic carbocycles. The fraction of sp³-hybridized carbons (Fsp3) is 0.765. The molecule has 21 heavy (non-hydrogen) atoms. The smallest absolute Gasteiger partial charge is 0.144 e. The van der Waals surface area contributed by atoms with Crippen LogP contribution in [0.3, 0.4) is 0 Å². The minimum absolute atomic E-state index is 0.912. The minimum atomic E-state index is 0.912. The van der Waals surface area contributed by atoms with Crippen LogP contribution in [0.15, 0.2) is 6.07 Å². The second-order valence-electron chi connectivity index (χ2n) is 6.82. The number of anilines is 1. The van der Waals surface area contributed by atoms with E-state index in [0.29, 0.717) is 0 Å². The van der Waals surface area contributed by atoms with Crippen LogP contribution in [0.5, 0.6) is 0 Å². The molecule has 4 nitrogen and oxygen atoms in total. The van der Waals surface area contributed by atoms with Gasteiger partial charge in [0.15, 0.2) is 0 Å². The molecule has 2 saturated carbocycles. The van der Waals surface area contributed by atoms with Crippen LogP contribution in [0.1, 0.15) is 50.5 Å². The van der Waals surface area contributed by atoms with Gasteiger partial charge in [-0.25, -0.2) is 9.97 Å². The quantitative estimate of drug-likeness (QED) is 0.757. The van der Waals surface area contributed by atoms with Gasteiger partial charge in [-0.3, -0.25) is 4.90 Å². The summed E-state index contributed by atoms with van der Waals surface area (Å²) in [7, 11) is 0. The minimum Gasteiger partial charge on any atom is -0.370 e. The van der Waals surface area contributed by atoms with Gasteiger partial charge in [0.05, 0.1) is 6.54 Å². The van der Waals surface area contributed by atoms with Gasteiger partial charge in [-0.1, -0.05) is 6.92 Å². The predicted octanol–water partition coefficient (Wildman–Crippen LogP) is 3.23. The number of hydrogen-bond acceptors (Lipinski definition) is 4. The number of rotatable bonds is 9. The topological polar surface area (TPSA) is 41.1 Å². The summed E-state index contributed by atoms with van der Waals surface area (Å²) in [5.41, 5.74) is 1.07. The van der Waals surface area contributed by atoms with Gasteiger partial charge < -0.3 is 5.32 Å². The van der Waals surface area contributed by atoms with Crippen LogP contribution >= 0.6 is 0 Å².